The molecule has 1 aliphatic carbocycles. The van der Waals surface area contributed by atoms with Crippen molar-refractivity contribution >= 4 is 23.2 Å². The van der Waals surface area contributed by atoms with Gasteiger partial charge in [-0.05, 0) is 88.1 Å². The number of aliphatic imine (C=N–C) groups is 1. The molecule has 0 aliphatic heterocycles. The van der Waals surface area contributed by atoms with Crippen LogP contribution in [0.15, 0.2) is 52.7 Å². The SMILES string of the molecule is C=C1C=C(N)C(C)=CC1=Nc1cc(C)c(NC(=O)OC(C)(C)C)cc1C. The van der Waals surface area contributed by atoms with Gasteiger partial charge in [-0.15, -0.1) is 0 Å². The number of hydrogen-bond acceptors (Lipinski definition) is 4. The predicted octanol–water partition coefficient (Wildman–Crippen LogP) is 5.08. The first kappa shape index (κ1) is 19.5. The molecule has 0 bridgehead atoms. The molecule has 0 fully saturated rings. The fourth-order valence-electron chi connectivity index (χ4n) is 2.46. The third-order valence-corrected chi connectivity index (χ3v) is 3.89. The zero-order chi connectivity index (χ0) is 19.6. The van der Waals surface area contributed by atoms with E-state index in [9.17, 15) is 4.79 Å². The largest absolute Gasteiger partial charge is 0.444 e. The molecule has 0 atom stereocenters. The van der Waals surface area contributed by atoms with Gasteiger partial charge in [0.2, 0.25) is 0 Å². The van der Waals surface area contributed by atoms with Crippen molar-refractivity contribution in [3.63, 3.8) is 0 Å². The second-order valence-electron chi connectivity index (χ2n) is 7.53. The molecule has 0 saturated heterocycles. The van der Waals surface area contributed by atoms with Crippen LogP contribution in [0.3, 0.4) is 0 Å². The summed E-state index contributed by atoms with van der Waals surface area (Å²) < 4.78 is 5.31. The molecular formula is C21H27N3O2. The summed E-state index contributed by atoms with van der Waals surface area (Å²) in [6, 6.07) is 3.83. The van der Waals surface area contributed by atoms with Gasteiger partial charge in [-0.2, -0.15) is 0 Å². The van der Waals surface area contributed by atoms with E-state index in [0.29, 0.717) is 11.4 Å². The van der Waals surface area contributed by atoms with Gasteiger partial charge in [-0.1, -0.05) is 6.58 Å². The number of anilines is 1. The van der Waals surface area contributed by atoms with Gasteiger partial charge in [0.05, 0.1) is 11.4 Å². The number of carbonyl (C=O) groups excluding carboxylic acids is 1. The van der Waals surface area contributed by atoms with Crippen LogP contribution in [0.1, 0.15) is 38.8 Å². The van der Waals surface area contributed by atoms with Gasteiger partial charge >= 0.3 is 6.09 Å². The first-order valence-electron chi connectivity index (χ1n) is 8.51. The Bertz CT molecular complexity index is 853. The molecular weight excluding hydrogens is 326 g/mol. The molecule has 0 heterocycles. The first-order valence-corrected chi connectivity index (χ1v) is 8.51. The van der Waals surface area contributed by atoms with E-state index in [1.807, 2.05) is 65.8 Å². The Hall–Kier alpha value is -2.82. The van der Waals surface area contributed by atoms with Gasteiger partial charge in [0.15, 0.2) is 0 Å². The molecule has 1 aliphatic rings. The number of hydrogen-bond donors (Lipinski definition) is 2. The van der Waals surface area contributed by atoms with Crippen LogP contribution in [0.25, 0.3) is 0 Å². The number of carbonyl (C=O) groups is 1. The van der Waals surface area contributed by atoms with Crippen LogP contribution in [0.4, 0.5) is 16.2 Å². The Labute approximate surface area is 155 Å². The van der Waals surface area contributed by atoms with E-state index in [-0.39, 0.29) is 0 Å². The molecule has 2 rings (SSSR count). The van der Waals surface area contributed by atoms with Crippen LogP contribution < -0.4 is 11.1 Å². The molecule has 0 radical (unpaired) electrons. The van der Waals surface area contributed by atoms with Crippen molar-refractivity contribution in [1.29, 1.82) is 0 Å². The number of benzene rings is 1. The third-order valence-electron chi connectivity index (χ3n) is 3.89. The summed E-state index contributed by atoms with van der Waals surface area (Å²) in [5, 5.41) is 2.79. The van der Waals surface area contributed by atoms with E-state index in [1.54, 1.807) is 0 Å². The highest BCUT2D eigenvalue weighted by molar-refractivity contribution is 6.13. The predicted molar refractivity (Wildman–Crippen MR) is 108 cm³/mol. The van der Waals surface area contributed by atoms with Crippen LogP contribution in [0, 0.1) is 13.8 Å². The topological polar surface area (TPSA) is 76.7 Å². The summed E-state index contributed by atoms with van der Waals surface area (Å²) in [7, 11) is 0. The lowest BCUT2D eigenvalue weighted by atomic mass is 9.99. The van der Waals surface area contributed by atoms with Crippen molar-refractivity contribution in [3.8, 4) is 0 Å². The average Bonchev–Trinajstić information content (AvgIpc) is 2.47. The summed E-state index contributed by atoms with van der Waals surface area (Å²) in [6.07, 6.45) is 3.28. The smallest absolute Gasteiger partial charge is 0.412 e. The number of amides is 1. The Kier molecular flexibility index (Phi) is 5.40. The molecule has 1 aromatic rings. The lowest BCUT2D eigenvalue weighted by Gasteiger charge is -2.20. The normalized spacial score (nSPS) is 16.2. The molecule has 0 unspecified atom stereocenters. The van der Waals surface area contributed by atoms with Gasteiger partial charge in [-0.3, -0.25) is 5.32 Å². The van der Waals surface area contributed by atoms with Gasteiger partial charge in [0.25, 0.3) is 0 Å². The van der Waals surface area contributed by atoms with Crippen LogP contribution in [-0.2, 0) is 4.74 Å². The van der Waals surface area contributed by atoms with Gasteiger partial charge in [-0.25, -0.2) is 9.79 Å². The zero-order valence-electron chi connectivity index (χ0n) is 16.4. The fraction of sp³-hybridized carbons (Fsp3) is 0.333. The zero-order valence-corrected chi connectivity index (χ0v) is 16.4. The van der Waals surface area contributed by atoms with Crippen LogP contribution in [-0.4, -0.2) is 17.4 Å². The summed E-state index contributed by atoms with van der Waals surface area (Å²) in [4.78, 5) is 16.7. The Morgan fingerprint density at radius 1 is 1.15 bits per heavy atom. The van der Waals surface area contributed by atoms with Crippen molar-refractivity contribution in [2.45, 2.75) is 47.1 Å². The number of rotatable bonds is 2. The number of ether oxygens (including phenoxy) is 1. The van der Waals surface area contributed by atoms with Crippen LogP contribution in [0.5, 0.6) is 0 Å². The molecule has 5 heteroatoms. The molecule has 0 aromatic heterocycles. The summed E-state index contributed by atoms with van der Waals surface area (Å²) in [5.74, 6) is 0. The third kappa shape index (κ3) is 4.85. The van der Waals surface area contributed by atoms with Crippen LogP contribution >= 0.6 is 0 Å². The average molecular weight is 353 g/mol. The van der Waals surface area contributed by atoms with Crippen molar-refractivity contribution < 1.29 is 9.53 Å². The number of nitrogens with one attached hydrogen (secondary N) is 1. The van der Waals surface area contributed by atoms with E-state index in [1.165, 1.54) is 0 Å². The van der Waals surface area contributed by atoms with E-state index in [4.69, 9.17) is 15.5 Å². The van der Waals surface area contributed by atoms with Crippen molar-refractivity contribution in [3.05, 3.63) is 58.8 Å². The van der Waals surface area contributed by atoms with E-state index >= 15 is 0 Å². The van der Waals surface area contributed by atoms with E-state index in [0.717, 1.165) is 33.7 Å². The van der Waals surface area contributed by atoms with Gasteiger partial charge < -0.3 is 10.5 Å². The van der Waals surface area contributed by atoms with Crippen molar-refractivity contribution in [1.82, 2.24) is 0 Å². The molecule has 26 heavy (non-hydrogen) atoms. The lowest BCUT2D eigenvalue weighted by molar-refractivity contribution is 0.0636. The van der Waals surface area contributed by atoms with Gasteiger partial charge in [0, 0.05) is 11.4 Å². The highest BCUT2D eigenvalue weighted by atomic mass is 16.6. The number of aryl methyl sites for hydroxylation is 2. The summed E-state index contributed by atoms with van der Waals surface area (Å²) >= 11 is 0. The van der Waals surface area contributed by atoms with E-state index < -0.39 is 11.7 Å². The number of nitrogens with zero attached hydrogens (tertiary/aromatic N) is 1. The Morgan fingerprint density at radius 2 is 1.81 bits per heavy atom. The lowest BCUT2D eigenvalue weighted by Crippen LogP contribution is -2.27. The Balaban J connectivity index is 2.29. The molecule has 1 aromatic carbocycles. The maximum Gasteiger partial charge on any atom is 0.412 e. The first-order chi connectivity index (χ1) is 12.0. The highest BCUT2D eigenvalue weighted by Gasteiger charge is 2.17. The molecule has 1 amide bonds. The standard InChI is InChI=1S/C21H27N3O2/c1-12-9-17(13(2)8-16(12)22)23-18-10-15(4)19(11-14(18)3)24-20(25)26-21(5,6)7/h8-11H,2,22H2,1,3-7H3,(H,24,25). The maximum absolute atomic E-state index is 12.0. The number of nitrogens with two attached hydrogens (primary N) is 1. The minimum Gasteiger partial charge on any atom is -0.444 e. The molecule has 5 nitrogen and oxygen atoms in total. The molecule has 138 valence electrons. The Morgan fingerprint density at radius 3 is 2.42 bits per heavy atom. The molecule has 0 saturated carbocycles. The molecule has 3 N–H and O–H groups in total. The van der Waals surface area contributed by atoms with Crippen molar-refractivity contribution in [2.24, 2.45) is 10.7 Å². The summed E-state index contributed by atoms with van der Waals surface area (Å²) in [6.45, 7) is 15.3. The fourth-order valence-corrected chi connectivity index (χ4v) is 2.46. The monoisotopic (exact) mass is 353 g/mol. The quantitative estimate of drug-likeness (QED) is 0.778. The van der Waals surface area contributed by atoms with E-state index in [2.05, 4.69) is 11.9 Å². The highest BCUT2D eigenvalue weighted by Crippen LogP contribution is 2.29. The second kappa shape index (κ2) is 7.20. The second-order valence-corrected chi connectivity index (χ2v) is 7.53. The van der Waals surface area contributed by atoms with Gasteiger partial charge in [0.1, 0.15) is 5.60 Å². The summed E-state index contributed by atoms with van der Waals surface area (Å²) in [5.41, 5.74) is 12.0. The van der Waals surface area contributed by atoms with Crippen molar-refractivity contribution in [2.75, 3.05) is 5.32 Å². The van der Waals surface area contributed by atoms with Crippen LogP contribution in [0.2, 0.25) is 0 Å². The maximum atomic E-state index is 12.0. The molecule has 0 spiro atoms. The minimum absolute atomic E-state index is 0.473. The minimum atomic E-state index is -0.542. The number of allylic oxidation sites excluding steroid dienone is 4.